The van der Waals surface area contributed by atoms with Crippen molar-refractivity contribution in [1.29, 1.82) is 0 Å². The lowest BCUT2D eigenvalue weighted by atomic mass is 10.1. The maximum atomic E-state index is 12.0. The molecule has 1 fully saturated rings. The van der Waals surface area contributed by atoms with Crippen molar-refractivity contribution in [3.05, 3.63) is 12.4 Å². The number of piperidine rings is 1. The van der Waals surface area contributed by atoms with Crippen molar-refractivity contribution >= 4 is 15.9 Å². The zero-order valence-electron chi connectivity index (χ0n) is 12.3. The highest BCUT2D eigenvalue weighted by Crippen LogP contribution is 2.22. The SMILES string of the molecule is CC(C)n1cc(N([C@@H]2CCC[NH+](C)C2)S(N)(=O)=O)cn1. The molecule has 1 saturated heterocycles. The van der Waals surface area contributed by atoms with Crippen LogP contribution in [0.15, 0.2) is 12.4 Å². The van der Waals surface area contributed by atoms with Crippen LogP contribution < -0.4 is 14.3 Å². The molecule has 1 unspecified atom stereocenters. The maximum absolute atomic E-state index is 12.0. The number of likely N-dealkylation sites (tertiary alicyclic amines) is 1. The second-order valence-corrected chi connectivity index (χ2v) is 7.24. The van der Waals surface area contributed by atoms with Gasteiger partial charge in [0.25, 0.3) is 10.2 Å². The fourth-order valence-electron chi connectivity index (χ4n) is 2.74. The summed E-state index contributed by atoms with van der Waals surface area (Å²) >= 11 is 0. The molecule has 2 atom stereocenters. The van der Waals surface area contributed by atoms with Crippen LogP contribution in [0.5, 0.6) is 0 Å². The quantitative estimate of drug-likeness (QED) is 0.760. The van der Waals surface area contributed by atoms with E-state index in [1.54, 1.807) is 17.1 Å². The molecule has 0 amide bonds. The topological polar surface area (TPSA) is 85.7 Å². The molecule has 3 N–H and O–H groups in total. The van der Waals surface area contributed by atoms with Gasteiger partial charge in [-0.05, 0) is 26.7 Å². The molecule has 114 valence electrons. The van der Waals surface area contributed by atoms with E-state index in [9.17, 15) is 8.42 Å². The van der Waals surface area contributed by atoms with Gasteiger partial charge in [0.15, 0.2) is 0 Å². The van der Waals surface area contributed by atoms with Crippen LogP contribution in [-0.2, 0) is 10.2 Å². The van der Waals surface area contributed by atoms with Gasteiger partial charge in [-0.25, -0.2) is 9.44 Å². The van der Waals surface area contributed by atoms with Crippen LogP contribution in [0.4, 0.5) is 5.69 Å². The number of rotatable bonds is 4. The number of anilines is 1. The van der Waals surface area contributed by atoms with Crippen molar-refractivity contribution in [1.82, 2.24) is 9.78 Å². The normalized spacial score (nSPS) is 24.1. The molecule has 1 aliphatic rings. The average Bonchev–Trinajstić information content (AvgIpc) is 2.76. The molecule has 0 bridgehead atoms. The minimum atomic E-state index is -3.79. The largest absolute Gasteiger partial charge is 0.336 e. The second-order valence-electron chi connectivity index (χ2n) is 5.82. The molecule has 0 aliphatic carbocycles. The van der Waals surface area contributed by atoms with Gasteiger partial charge in [-0.2, -0.15) is 13.5 Å². The van der Waals surface area contributed by atoms with Gasteiger partial charge in [-0.3, -0.25) is 4.68 Å². The summed E-state index contributed by atoms with van der Waals surface area (Å²) in [6.45, 7) is 5.83. The third-order valence-electron chi connectivity index (χ3n) is 3.70. The molecule has 1 aromatic rings. The Bertz CT molecular complexity index is 554. The first-order valence-electron chi connectivity index (χ1n) is 6.96. The highest BCUT2D eigenvalue weighted by Gasteiger charge is 2.33. The standard InChI is InChI=1S/C12H23N5O2S/c1-10(2)16-9-12(7-14-16)17(20(13,18)19)11-5-4-6-15(3)8-11/h7,9-11H,4-6,8H2,1-3H3,(H2,13,18,19)/p+1/t11-/m1/s1. The highest BCUT2D eigenvalue weighted by atomic mass is 32.2. The number of quaternary nitrogens is 1. The van der Waals surface area contributed by atoms with E-state index in [1.165, 1.54) is 9.21 Å². The van der Waals surface area contributed by atoms with Crippen molar-refractivity contribution in [3.63, 3.8) is 0 Å². The molecule has 0 saturated carbocycles. The summed E-state index contributed by atoms with van der Waals surface area (Å²) in [5, 5.41) is 9.64. The molecule has 20 heavy (non-hydrogen) atoms. The Kier molecular flexibility index (Phi) is 4.36. The lowest BCUT2D eigenvalue weighted by Crippen LogP contribution is -3.11. The number of aromatic nitrogens is 2. The summed E-state index contributed by atoms with van der Waals surface area (Å²) in [4.78, 5) is 1.33. The maximum Gasteiger partial charge on any atom is 0.299 e. The summed E-state index contributed by atoms with van der Waals surface area (Å²) in [7, 11) is -1.71. The zero-order valence-corrected chi connectivity index (χ0v) is 13.1. The summed E-state index contributed by atoms with van der Waals surface area (Å²) in [5.74, 6) is 0. The van der Waals surface area contributed by atoms with Crippen LogP contribution in [0.3, 0.4) is 0 Å². The first kappa shape index (κ1) is 15.3. The molecule has 0 aromatic carbocycles. The van der Waals surface area contributed by atoms with Gasteiger partial charge in [-0.1, -0.05) is 0 Å². The molecule has 8 heteroatoms. The number of nitrogens with one attached hydrogen (secondary N) is 1. The summed E-state index contributed by atoms with van der Waals surface area (Å²) in [6.07, 6.45) is 5.16. The van der Waals surface area contributed by atoms with Crippen molar-refractivity contribution in [2.24, 2.45) is 5.14 Å². The number of nitrogens with zero attached hydrogens (tertiary/aromatic N) is 3. The third kappa shape index (κ3) is 3.31. The number of hydrogen-bond donors (Lipinski definition) is 2. The van der Waals surface area contributed by atoms with Crippen LogP contribution in [0, 0.1) is 0 Å². The predicted octanol–water partition coefficient (Wildman–Crippen LogP) is -0.849. The van der Waals surface area contributed by atoms with Crippen molar-refractivity contribution in [2.75, 3.05) is 24.4 Å². The van der Waals surface area contributed by atoms with Crippen molar-refractivity contribution in [2.45, 2.75) is 38.8 Å². The van der Waals surface area contributed by atoms with Crippen LogP contribution in [0.1, 0.15) is 32.7 Å². The Morgan fingerprint density at radius 2 is 2.25 bits per heavy atom. The molecule has 0 radical (unpaired) electrons. The third-order valence-corrected chi connectivity index (χ3v) is 4.76. The molecular formula is C12H24N5O2S+. The average molecular weight is 302 g/mol. The Balaban J connectivity index is 2.32. The van der Waals surface area contributed by atoms with Gasteiger partial charge < -0.3 is 4.90 Å². The fraction of sp³-hybridized carbons (Fsp3) is 0.750. The van der Waals surface area contributed by atoms with Crippen LogP contribution >= 0.6 is 0 Å². The second kappa shape index (κ2) is 5.71. The lowest BCUT2D eigenvalue weighted by molar-refractivity contribution is -0.885. The zero-order chi connectivity index (χ0) is 14.9. The molecular weight excluding hydrogens is 278 g/mol. The monoisotopic (exact) mass is 302 g/mol. The summed E-state index contributed by atoms with van der Waals surface area (Å²) < 4.78 is 27.0. The van der Waals surface area contributed by atoms with Crippen LogP contribution in [0.25, 0.3) is 0 Å². The molecule has 1 aromatic heterocycles. The van der Waals surface area contributed by atoms with Gasteiger partial charge in [0.05, 0.1) is 38.1 Å². The van der Waals surface area contributed by atoms with E-state index in [-0.39, 0.29) is 12.1 Å². The van der Waals surface area contributed by atoms with E-state index >= 15 is 0 Å². The molecule has 1 aliphatic heterocycles. The van der Waals surface area contributed by atoms with Gasteiger partial charge in [0.2, 0.25) is 0 Å². The predicted molar refractivity (Wildman–Crippen MR) is 77.8 cm³/mol. The molecule has 7 nitrogen and oxygen atoms in total. The van der Waals surface area contributed by atoms with E-state index in [4.69, 9.17) is 5.14 Å². The van der Waals surface area contributed by atoms with E-state index in [1.807, 2.05) is 13.8 Å². The lowest BCUT2D eigenvalue weighted by Gasteiger charge is -2.34. The van der Waals surface area contributed by atoms with Gasteiger partial charge in [-0.15, -0.1) is 0 Å². The Morgan fingerprint density at radius 1 is 1.55 bits per heavy atom. The van der Waals surface area contributed by atoms with Crippen LogP contribution in [-0.4, -0.2) is 44.4 Å². The van der Waals surface area contributed by atoms with Crippen molar-refractivity contribution in [3.8, 4) is 0 Å². The fourth-order valence-corrected chi connectivity index (χ4v) is 3.72. The minimum Gasteiger partial charge on any atom is -0.336 e. The first-order valence-corrected chi connectivity index (χ1v) is 8.47. The highest BCUT2D eigenvalue weighted by molar-refractivity contribution is 7.90. The summed E-state index contributed by atoms with van der Waals surface area (Å²) in [5.41, 5.74) is 0.556. The number of nitrogens with two attached hydrogens (primary N) is 1. The van der Waals surface area contributed by atoms with E-state index < -0.39 is 10.2 Å². The van der Waals surface area contributed by atoms with E-state index in [0.717, 1.165) is 25.9 Å². The Hall–Kier alpha value is -1.12. The van der Waals surface area contributed by atoms with Crippen LogP contribution in [0.2, 0.25) is 0 Å². The minimum absolute atomic E-state index is 0.0939. The van der Waals surface area contributed by atoms with Gasteiger partial charge in [0.1, 0.15) is 0 Å². The Labute approximate surface area is 120 Å². The van der Waals surface area contributed by atoms with E-state index in [0.29, 0.717) is 5.69 Å². The van der Waals surface area contributed by atoms with E-state index in [2.05, 4.69) is 12.1 Å². The number of hydrogen-bond acceptors (Lipinski definition) is 3. The molecule has 2 rings (SSSR count). The van der Waals surface area contributed by atoms with Crippen molar-refractivity contribution < 1.29 is 13.3 Å². The first-order chi connectivity index (χ1) is 9.29. The van der Waals surface area contributed by atoms with Gasteiger partial charge >= 0.3 is 0 Å². The Morgan fingerprint density at radius 3 is 2.75 bits per heavy atom. The smallest absolute Gasteiger partial charge is 0.299 e. The number of likely N-dealkylation sites (N-methyl/N-ethyl adjacent to an activating group) is 1. The molecule has 2 heterocycles. The molecule has 0 spiro atoms. The van der Waals surface area contributed by atoms with Gasteiger partial charge in [0, 0.05) is 12.2 Å². The summed E-state index contributed by atoms with van der Waals surface area (Å²) in [6, 6.07) is 0.0919.